The molecule has 2 aromatic rings. The Morgan fingerprint density at radius 2 is 2.00 bits per heavy atom. The molecular formula is C16H12BrF2NOS. The molecule has 0 saturated carbocycles. The summed E-state index contributed by atoms with van der Waals surface area (Å²) in [5.41, 5.74) is 2.07. The zero-order valence-electron chi connectivity index (χ0n) is 11.5. The monoisotopic (exact) mass is 383 g/mol. The van der Waals surface area contributed by atoms with Crippen molar-refractivity contribution in [3.8, 4) is 0 Å². The lowest BCUT2D eigenvalue weighted by molar-refractivity contribution is -0.116. The molecule has 1 aliphatic rings. The van der Waals surface area contributed by atoms with Gasteiger partial charge in [0.15, 0.2) is 11.6 Å². The summed E-state index contributed by atoms with van der Waals surface area (Å²) < 4.78 is 27.0. The Bertz CT molecular complexity index is 738. The van der Waals surface area contributed by atoms with Crippen LogP contribution < -0.4 is 4.90 Å². The normalized spacial score (nSPS) is 13.3. The van der Waals surface area contributed by atoms with Gasteiger partial charge in [0.25, 0.3) is 0 Å². The molecule has 1 amide bonds. The summed E-state index contributed by atoms with van der Waals surface area (Å²) in [6, 6.07) is 9.57. The number of benzene rings is 2. The molecule has 3 rings (SSSR count). The van der Waals surface area contributed by atoms with Crippen molar-refractivity contribution < 1.29 is 13.6 Å². The summed E-state index contributed by atoms with van der Waals surface area (Å²) in [4.78, 5) is 14.7. The maximum absolute atomic E-state index is 13.2. The number of carbonyl (C=O) groups excluding carboxylic acids is 1. The van der Waals surface area contributed by atoms with Gasteiger partial charge in [0.1, 0.15) is 0 Å². The molecule has 0 atom stereocenters. The second-order valence-electron chi connectivity index (χ2n) is 4.93. The predicted molar refractivity (Wildman–Crippen MR) is 87.3 cm³/mol. The summed E-state index contributed by atoms with van der Waals surface area (Å²) in [7, 11) is 0. The van der Waals surface area contributed by atoms with Gasteiger partial charge >= 0.3 is 0 Å². The van der Waals surface area contributed by atoms with E-state index in [1.165, 1.54) is 17.8 Å². The van der Waals surface area contributed by atoms with Crippen LogP contribution in [-0.2, 0) is 11.2 Å². The van der Waals surface area contributed by atoms with E-state index < -0.39 is 11.6 Å². The molecule has 0 saturated heterocycles. The van der Waals surface area contributed by atoms with E-state index in [4.69, 9.17) is 0 Å². The highest BCUT2D eigenvalue weighted by Gasteiger charge is 2.24. The molecular weight excluding hydrogens is 372 g/mol. The van der Waals surface area contributed by atoms with Crippen LogP contribution in [0.3, 0.4) is 0 Å². The Balaban J connectivity index is 1.69. The summed E-state index contributed by atoms with van der Waals surface area (Å²) in [6.07, 6.45) is 0.837. The third kappa shape index (κ3) is 3.17. The van der Waals surface area contributed by atoms with Gasteiger partial charge in [-0.3, -0.25) is 4.79 Å². The molecule has 0 aromatic heterocycles. The number of rotatable bonds is 3. The number of hydrogen-bond acceptors (Lipinski definition) is 2. The molecule has 1 heterocycles. The quantitative estimate of drug-likeness (QED) is 0.731. The molecule has 1 aliphatic heterocycles. The molecule has 0 aliphatic carbocycles. The molecule has 0 fully saturated rings. The van der Waals surface area contributed by atoms with Crippen molar-refractivity contribution in [1.82, 2.24) is 0 Å². The lowest BCUT2D eigenvalue weighted by Crippen LogP contribution is -2.30. The SMILES string of the molecule is O=C(CSc1ccc(F)c(F)c1)N1CCc2ccc(Br)cc21. The number of thioether (sulfide) groups is 1. The number of carbonyl (C=O) groups is 1. The summed E-state index contributed by atoms with van der Waals surface area (Å²) >= 11 is 4.62. The average Bonchev–Trinajstić information content (AvgIpc) is 2.91. The minimum Gasteiger partial charge on any atom is -0.311 e. The van der Waals surface area contributed by atoms with Gasteiger partial charge < -0.3 is 4.90 Å². The number of amides is 1. The Labute approximate surface area is 139 Å². The molecule has 2 nitrogen and oxygen atoms in total. The van der Waals surface area contributed by atoms with Crippen LogP contribution in [0.25, 0.3) is 0 Å². The second kappa shape index (κ2) is 6.38. The minimum atomic E-state index is -0.895. The largest absolute Gasteiger partial charge is 0.311 e. The molecule has 0 bridgehead atoms. The molecule has 2 aromatic carbocycles. The summed E-state index contributed by atoms with van der Waals surface area (Å²) in [5, 5.41) is 0. The van der Waals surface area contributed by atoms with Crippen LogP contribution in [0.15, 0.2) is 45.8 Å². The van der Waals surface area contributed by atoms with Crippen molar-refractivity contribution in [2.24, 2.45) is 0 Å². The Kier molecular flexibility index (Phi) is 4.49. The van der Waals surface area contributed by atoms with E-state index in [2.05, 4.69) is 15.9 Å². The van der Waals surface area contributed by atoms with E-state index in [9.17, 15) is 13.6 Å². The summed E-state index contributed by atoms with van der Waals surface area (Å²) in [5.74, 6) is -1.62. The van der Waals surface area contributed by atoms with Gasteiger partial charge in [-0.1, -0.05) is 22.0 Å². The highest BCUT2D eigenvalue weighted by molar-refractivity contribution is 9.10. The predicted octanol–water partition coefficient (Wildman–Crippen LogP) is 4.41. The van der Waals surface area contributed by atoms with E-state index >= 15 is 0 Å². The van der Waals surface area contributed by atoms with Crippen LogP contribution in [0.2, 0.25) is 0 Å². The molecule has 6 heteroatoms. The molecule has 0 radical (unpaired) electrons. The van der Waals surface area contributed by atoms with Crippen LogP contribution in [0, 0.1) is 11.6 Å². The standard InChI is InChI=1S/C16H12BrF2NOS/c17-11-2-1-10-5-6-20(15(10)7-11)16(21)9-22-12-3-4-13(18)14(19)8-12/h1-4,7-8H,5-6,9H2. The van der Waals surface area contributed by atoms with E-state index in [0.717, 1.165) is 34.3 Å². The van der Waals surface area contributed by atoms with Crippen LogP contribution in [0.5, 0.6) is 0 Å². The first-order valence-electron chi connectivity index (χ1n) is 6.71. The van der Waals surface area contributed by atoms with E-state index in [1.54, 1.807) is 4.90 Å². The van der Waals surface area contributed by atoms with Crippen molar-refractivity contribution in [2.45, 2.75) is 11.3 Å². The van der Waals surface area contributed by atoms with Crippen LogP contribution >= 0.6 is 27.7 Å². The maximum atomic E-state index is 13.2. The summed E-state index contributed by atoms with van der Waals surface area (Å²) in [6.45, 7) is 0.656. The molecule has 22 heavy (non-hydrogen) atoms. The average molecular weight is 384 g/mol. The van der Waals surface area contributed by atoms with Crippen LogP contribution in [0.1, 0.15) is 5.56 Å². The lowest BCUT2D eigenvalue weighted by atomic mass is 10.2. The number of hydrogen-bond donors (Lipinski definition) is 0. The zero-order valence-corrected chi connectivity index (χ0v) is 13.9. The van der Waals surface area contributed by atoms with Crippen molar-refractivity contribution in [1.29, 1.82) is 0 Å². The number of halogens is 3. The zero-order chi connectivity index (χ0) is 15.7. The van der Waals surface area contributed by atoms with Gasteiger partial charge in [-0.2, -0.15) is 0 Å². The first kappa shape index (κ1) is 15.5. The van der Waals surface area contributed by atoms with Gasteiger partial charge in [0, 0.05) is 21.6 Å². The van der Waals surface area contributed by atoms with Crippen molar-refractivity contribution in [2.75, 3.05) is 17.2 Å². The van der Waals surface area contributed by atoms with E-state index in [1.807, 2.05) is 18.2 Å². The molecule has 0 spiro atoms. The smallest absolute Gasteiger partial charge is 0.237 e. The second-order valence-corrected chi connectivity index (χ2v) is 6.90. The van der Waals surface area contributed by atoms with Gasteiger partial charge in [-0.25, -0.2) is 8.78 Å². The fourth-order valence-electron chi connectivity index (χ4n) is 2.40. The van der Waals surface area contributed by atoms with Gasteiger partial charge in [0.05, 0.1) is 5.75 Å². The molecule has 0 unspecified atom stereocenters. The number of anilines is 1. The highest BCUT2D eigenvalue weighted by atomic mass is 79.9. The highest BCUT2D eigenvalue weighted by Crippen LogP contribution is 2.32. The van der Waals surface area contributed by atoms with Crippen molar-refractivity contribution >= 4 is 39.3 Å². The Hall–Kier alpha value is -1.40. The third-order valence-electron chi connectivity index (χ3n) is 3.50. The van der Waals surface area contributed by atoms with E-state index in [0.29, 0.717) is 11.4 Å². The Morgan fingerprint density at radius 1 is 1.18 bits per heavy atom. The minimum absolute atomic E-state index is 0.0356. The first-order chi connectivity index (χ1) is 10.5. The lowest BCUT2D eigenvalue weighted by Gasteiger charge is -2.17. The van der Waals surface area contributed by atoms with E-state index in [-0.39, 0.29) is 11.7 Å². The number of fused-ring (bicyclic) bond motifs is 1. The van der Waals surface area contributed by atoms with Gasteiger partial charge in [0.2, 0.25) is 5.91 Å². The van der Waals surface area contributed by atoms with Crippen molar-refractivity contribution in [3.05, 3.63) is 58.1 Å². The molecule has 0 N–H and O–H groups in total. The maximum Gasteiger partial charge on any atom is 0.237 e. The van der Waals surface area contributed by atoms with Gasteiger partial charge in [-0.05, 0) is 42.3 Å². The first-order valence-corrected chi connectivity index (χ1v) is 8.49. The van der Waals surface area contributed by atoms with Crippen LogP contribution in [0.4, 0.5) is 14.5 Å². The topological polar surface area (TPSA) is 20.3 Å². The molecule has 114 valence electrons. The Morgan fingerprint density at radius 3 is 2.77 bits per heavy atom. The fourth-order valence-corrected chi connectivity index (χ4v) is 3.55. The fraction of sp³-hybridized carbons (Fsp3) is 0.188. The van der Waals surface area contributed by atoms with Gasteiger partial charge in [-0.15, -0.1) is 11.8 Å². The van der Waals surface area contributed by atoms with Crippen molar-refractivity contribution in [3.63, 3.8) is 0 Å². The van der Waals surface area contributed by atoms with Crippen LogP contribution in [-0.4, -0.2) is 18.2 Å². The third-order valence-corrected chi connectivity index (χ3v) is 4.97. The number of nitrogens with zero attached hydrogens (tertiary/aromatic N) is 1.